The highest BCUT2D eigenvalue weighted by molar-refractivity contribution is 5.45. The molecule has 0 unspecified atom stereocenters. The first-order chi connectivity index (χ1) is 7.31. The van der Waals surface area contributed by atoms with Gasteiger partial charge in [-0.25, -0.2) is 4.98 Å². The molecule has 1 aliphatic rings. The quantitative estimate of drug-likeness (QED) is 0.759. The van der Waals surface area contributed by atoms with E-state index in [0.717, 1.165) is 0 Å². The van der Waals surface area contributed by atoms with Crippen LogP contribution in [0.4, 0.5) is 5.69 Å². The molecule has 1 aromatic heterocycles. The van der Waals surface area contributed by atoms with Gasteiger partial charge in [0.1, 0.15) is 0 Å². The third kappa shape index (κ3) is 2.22. The fraction of sp³-hybridized carbons (Fsp3) is 0.583. The van der Waals surface area contributed by atoms with Crippen LogP contribution in [0.1, 0.15) is 25.7 Å². The molecule has 3 nitrogen and oxygen atoms in total. The molecule has 0 aromatic carbocycles. The number of hydrogen-bond donors (Lipinski definition) is 0. The van der Waals surface area contributed by atoms with E-state index in [9.17, 15) is 0 Å². The largest absolute Gasteiger partial charge is 0.481 e. The van der Waals surface area contributed by atoms with Crippen molar-refractivity contribution < 1.29 is 4.74 Å². The van der Waals surface area contributed by atoms with Gasteiger partial charge in [0.25, 0.3) is 0 Å². The van der Waals surface area contributed by atoms with E-state index in [-0.39, 0.29) is 0 Å². The lowest BCUT2D eigenvalue weighted by Gasteiger charge is -2.26. The molecule has 2 rings (SSSR count). The van der Waals surface area contributed by atoms with Gasteiger partial charge < -0.3 is 9.64 Å². The predicted octanol–water partition coefficient (Wildman–Crippen LogP) is 2.47. The molecule has 0 radical (unpaired) electrons. The van der Waals surface area contributed by atoms with E-state index >= 15 is 0 Å². The summed E-state index contributed by atoms with van der Waals surface area (Å²) in [5.41, 5.74) is 1.18. The first-order valence-corrected chi connectivity index (χ1v) is 5.54. The van der Waals surface area contributed by atoms with Crippen LogP contribution in [0.25, 0.3) is 0 Å². The van der Waals surface area contributed by atoms with Gasteiger partial charge in [0.05, 0.1) is 19.0 Å². The summed E-state index contributed by atoms with van der Waals surface area (Å²) in [5, 5.41) is 0. The Kier molecular flexibility index (Phi) is 3.09. The summed E-state index contributed by atoms with van der Waals surface area (Å²) in [5.74, 6) is 0.679. The van der Waals surface area contributed by atoms with Crippen LogP contribution in [0.5, 0.6) is 5.88 Å². The summed E-state index contributed by atoms with van der Waals surface area (Å²) >= 11 is 0. The molecule has 0 atom stereocenters. The fourth-order valence-electron chi connectivity index (χ4n) is 2.20. The summed E-state index contributed by atoms with van der Waals surface area (Å²) in [4.78, 5) is 6.56. The van der Waals surface area contributed by atoms with Crippen molar-refractivity contribution in [3.8, 4) is 5.88 Å². The number of nitrogens with zero attached hydrogens (tertiary/aromatic N) is 2. The maximum absolute atomic E-state index is 5.04. The first-order valence-electron chi connectivity index (χ1n) is 5.54. The first kappa shape index (κ1) is 10.3. The third-order valence-electron chi connectivity index (χ3n) is 3.21. The molecule has 1 aromatic rings. The van der Waals surface area contributed by atoms with Crippen molar-refractivity contribution in [2.75, 3.05) is 19.1 Å². The molecule has 1 heterocycles. The van der Waals surface area contributed by atoms with Crippen LogP contribution in [-0.4, -0.2) is 25.2 Å². The molecule has 0 amide bonds. The summed E-state index contributed by atoms with van der Waals surface area (Å²) in [7, 11) is 3.79. The number of rotatable bonds is 3. The maximum Gasteiger partial charge on any atom is 0.213 e. The smallest absolute Gasteiger partial charge is 0.213 e. The Balaban J connectivity index is 2.07. The molecule has 15 heavy (non-hydrogen) atoms. The van der Waals surface area contributed by atoms with Crippen LogP contribution in [0, 0.1) is 0 Å². The minimum absolute atomic E-state index is 0.679. The molecule has 3 heteroatoms. The summed E-state index contributed by atoms with van der Waals surface area (Å²) < 4.78 is 5.04. The number of ether oxygens (including phenoxy) is 1. The standard InChI is InChI=1S/C12H18N2O/c1-14(10-5-3-4-6-10)11-7-8-12(15-2)13-9-11/h7-10H,3-6H2,1-2H3. The van der Waals surface area contributed by atoms with Gasteiger partial charge in [0, 0.05) is 19.2 Å². The highest BCUT2D eigenvalue weighted by atomic mass is 16.5. The van der Waals surface area contributed by atoms with Crippen molar-refractivity contribution in [3.63, 3.8) is 0 Å². The normalized spacial score (nSPS) is 16.7. The molecular formula is C12H18N2O. The molecule has 0 saturated heterocycles. The van der Waals surface area contributed by atoms with E-state index in [1.165, 1.54) is 31.4 Å². The number of methoxy groups -OCH3 is 1. The Hall–Kier alpha value is -1.25. The number of hydrogen-bond acceptors (Lipinski definition) is 3. The van der Waals surface area contributed by atoms with Gasteiger partial charge in [-0.15, -0.1) is 0 Å². The molecule has 0 N–H and O–H groups in total. The zero-order valence-electron chi connectivity index (χ0n) is 9.44. The summed E-state index contributed by atoms with van der Waals surface area (Å²) in [6.07, 6.45) is 7.22. The average Bonchev–Trinajstić information content (AvgIpc) is 2.82. The maximum atomic E-state index is 5.04. The van der Waals surface area contributed by atoms with Gasteiger partial charge in [-0.2, -0.15) is 0 Å². The number of pyridine rings is 1. The highest BCUT2D eigenvalue weighted by Gasteiger charge is 2.19. The molecule has 1 fully saturated rings. The lowest BCUT2D eigenvalue weighted by atomic mass is 10.2. The van der Waals surface area contributed by atoms with E-state index in [1.807, 2.05) is 12.3 Å². The van der Waals surface area contributed by atoms with Gasteiger partial charge in [0.2, 0.25) is 5.88 Å². The second-order valence-electron chi connectivity index (χ2n) is 4.11. The zero-order valence-corrected chi connectivity index (χ0v) is 9.44. The van der Waals surface area contributed by atoms with Gasteiger partial charge >= 0.3 is 0 Å². The highest BCUT2D eigenvalue weighted by Crippen LogP contribution is 2.26. The minimum atomic E-state index is 0.679. The van der Waals surface area contributed by atoms with Gasteiger partial charge in [0.15, 0.2) is 0 Å². The summed E-state index contributed by atoms with van der Waals surface area (Å²) in [6, 6.07) is 4.69. The Morgan fingerprint density at radius 2 is 2.07 bits per heavy atom. The van der Waals surface area contributed by atoms with Crippen LogP contribution in [0.15, 0.2) is 18.3 Å². The number of aromatic nitrogens is 1. The lowest BCUT2D eigenvalue weighted by Crippen LogP contribution is -2.28. The van der Waals surface area contributed by atoms with Crippen molar-refractivity contribution in [3.05, 3.63) is 18.3 Å². The second-order valence-corrected chi connectivity index (χ2v) is 4.11. The summed E-state index contributed by atoms with van der Waals surface area (Å²) in [6.45, 7) is 0. The Morgan fingerprint density at radius 1 is 1.33 bits per heavy atom. The molecular weight excluding hydrogens is 188 g/mol. The van der Waals surface area contributed by atoms with Gasteiger partial charge in [-0.05, 0) is 18.9 Å². The SMILES string of the molecule is COc1ccc(N(C)C2CCCC2)cn1. The molecule has 1 saturated carbocycles. The monoisotopic (exact) mass is 206 g/mol. The van der Waals surface area contributed by atoms with Crippen molar-refractivity contribution in [2.45, 2.75) is 31.7 Å². The number of anilines is 1. The van der Waals surface area contributed by atoms with Crippen molar-refractivity contribution in [1.82, 2.24) is 4.98 Å². The van der Waals surface area contributed by atoms with Gasteiger partial charge in [-0.1, -0.05) is 12.8 Å². The Bertz CT molecular complexity index is 304. The Morgan fingerprint density at radius 3 is 2.60 bits per heavy atom. The van der Waals surface area contributed by atoms with Crippen LogP contribution in [0.2, 0.25) is 0 Å². The topological polar surface area (TPSA) is 25.4 Å². The minimum Gasteiger partial charge on any atom is -0.481 e. The van der Waals surface area contributed by atoms with Crippen LogP contribution < -0.4 is 9.64 Å². The molecule has 0 bridgehead atoms. The average molecular weight is 206 g/mol. The predicted molar refractivity (Wildman–Crippen MR) is 61.4 cm³/mol. The third-order valence-corrected chi connectivity index (χ3v) is 3.21. The molecule has 0 spiro atoms. The molecule has 0 aliphatic heterocycles. The van der Waals surface area contributed by atoms with Crippen molar-refractivity contribution in [2.24, 2.45) is 0 Å². The molecule has 1 aliphatic carbocycles. The van der Waals surface area contributed by atoms with Crippen molar-refractivity contribution in [1.29, 1.82) is 0 Å². The van der Waals surface area contributed by atoms with Gasteiger partial charge in [-0.3, -0.25) is 0 Å². The van der Waals surface area contributed by atoms with E-state index < -0.39 is 0 Å². The van der Waals surface area contributed by atoms with Crippen LogP contribution >= 0.6 is 0 Å². The van der Waals surface area contributed by atoms with Crippen LogP contribution in [0.3, 0.4) is 0 Å². The van der Waals surface area contributed by atoms with Crippen LogP contribution in [-0.2, 0) is 0 Å². The zero-order chi connectivity index (χ0) is 10.7. The Labute approximate surface area is 91.1 Å². The van der Waals surface area contributed by atoms with E-state index in [0.29, 0.717) is 11.9 Å². The second kappa shape index (κ2) is 4.51. The lowest BCUT2D eigenvalue weighted by molar-refractivity contribution is 0.398. The fourth-order valence-corrected chi connectivity index (χ4v) is 2.20. The van der Waals surface area contributed by atoms with E-state index in [4.69, 9.17) is 4.74 Å². The van der Waals surface area contributed by atoms with Crippen molar-refractivity contribution >= 4 is 5.69 Å². The van der Waals surface area contributed by atoms with E-state index in [1.54, 1.807) is 7.11 Å². The van der Waals surface area contributed by atoms with E-state index in [2.05, 4.69) is 23.0 Å². The molecule has 82 valence electrons.